The van der Waals surface area contributed by atoms with E-state index >= 15 is 0 Å². The molecule has 1 aromatic heterocycles. The molecule has 2 fully saturated rings. The third kappa shape index (κ3) is 3.88. The maximum Gasteiger partial charge on any atom is 0.248 e. The molecular weight excluding hydrogens is 337 g/mol. The number of hydrogen-bond donors (Lipinski definition) is 1. The number of imidazole rings is 1. The monoisotopic (exact) mass is 361 g/mol. The molecule has 0 saturated carbocycles. The molecule has 7 heteroatoms. The summed E-state index contributed by atoms with van der Waals surface area (Å²) in [5, 5.41) is 0. The first-order valence-corrected chi connectivity index (χ1v) is 9.31. The van der Waals surface area contributed by atoms with Gasteiger partial charge >= 0.3 is 0 Å². The van der Waals surface area contributed by atoms with E-state index in [4.69, 9.17) is 9.47 Å². The van der Waals surface area contributed by atoms with Crippen LogP contribution in [-0.2, 0) is 14.3 Å². The number of ether oxygens (including phenoxy) is 2. The number of piperidine rings is 1. The lowest BCUT2D eigenvalue weighted by molar-refractivity contribution is -0.138. The molecule has 6 nitrogen and oxygen atoms in total. The second kappa shape index (κ2) is 7.72. The number of rotatable bonds is 5. The highest BCUT2D eigenvalue weighted by Crippen LogP contribution is 2.28. The van der Waals surface area contributed by atoms with Crippen molar-refractivity contribution in [3.8, 4) is 0 Å². The Hall–Kier alpha value is -1.99. The van der Waals surface area contributed by atoms with Crippen molar-refractivity contribution in [1.82, 2.24) is 14.9 Å². The molecule has 1 aromatic carbocycles. The lowest BCUT2D eigenvalue weighted by Gasteiger charge is -2.31. The molecule has 2 aliphatic rings. The van der Waals surface area contributed by atoms with Crippen molar-refractivity contribution in [2.75, 3.05) is 32.9 Å². The van der Waals surface area contributed by atoms with Gasteiger partial charge in [0.1, 0.15) is 18.2 Å². The summed E-state index contributed by atoms with van der Waals surface area (Å²) in [5.41, 5.74) is 1.50. The molecule has 1 atom stereocenters. The van der Waals surface area contributed by atoms with Crippen molar-refractivity contribution < 1.29 is 18.7 Å². The van der Waals surface area contributed by atoms with Crippen molar-refractivity contribution in [3.63, 3.8) is 0 Å². The van der Waals surface area contributed by atoms with Gasteiger partial charge in [-0.2, -0.15) is 0 Å². The molecule has 2 saturated heterocycles. The van der Waals surface area contributed by atoms with Crippen molar-refractivity contribution in [3.05, 3.63) is 29.8 Å². The molecular formula is C19H24FN3O3. The predicted octanol–water partition coefficient (Wildman–Crippen LogP) is 2.60. The summed E-state index contributed by atoms with van der Waals surface area (Å²) in [4.78, 5) is 21.9. The SMILES string of the molecule is O=C(COC[C@H]1CCCO1)N1CCC(c2nc3ccc(F)cc3[nH]2)CC1. The fourth-order valence-corrected chi connectivity index (χ4v) is 3.74. The zero-order valence-electron chi connectivity index (χ0n) is 14.7. The van der Waals surface area contributed by atoms with E-state index in [2.05, 4.69) is 9.97 Å². The summed E-state index contributed by atoms with van der Waals surface area (Å²) in [6.45, 7) is 2.80. The first-order chi connectivity index (χ1) is 12.7. The Bertz CT molecular complexity index is 764. The Morgan fingerprint density at radius 3 is 2.96 bits per heavy atom. The normalized spacial score (nSPS) is 21.6. The largest absolute Gasteiger partial charge is 0.376 e. The van der Waals surface area contributed by atoms with Gasteiger partial charge in [-0.05, 0) is 43.9 Å². The van der Waals surface area contributed by atoms with Crippen molar-refractivity contribution in [2.45, 2.75) is 37.7 Å². The molecule has 0 bridgehead atoms. The van der Waals surface area contributed by atoms with Crippen LogP contribution in [0, 0.1) is 5.82 Å². The summed E-state index contributed by atoms with van der Waals surface area (Å²) in [6, 6.07) is 4.58. The zero-order valence-corrected chi connectivity index (χ0v) is 14.7. The number of aromatic nitrogens is 2. The fraction of sp³-hybridized carbons (Fsp3) is 0.579. The number of carbonyl (C=O) groups is 1. The van der Waals surface area contributed by atoms with Crippen LogP contribution in [0.2, 0.25) is 0 Å². The molecule has 0 spiro atoms. The molecule has 0 unspecified atom stereocenters. The number of carbonyl (C=O) groups excluding carboxylic acids is 1. The minimum atomic E-state index is -0.267. The number of hydrogen-bond acceptors (Lipinski definition) is 4. The molecule has 2 aliphatic heterocycles. The lowest BCUT2D eigenvalue weighted by atomic mass is 9.96. The Morgan fingerprint density at radius 1 is 1.35 bits per heavy atom. The third-order valence-corrected chi connectivity index (χ3v) is 5.25. The van der Waals surface area contributed by atoms with Gasteiger partial charge in [-0.25, -0.2) is 9.37 Å². The number of fused-ring (bicyclic) bond motifs is 1. The highest BCUT2D eigenvalue weighted by Gasteiger charge is 2.26. The number of nitrogens with zero attached hydrogens (tertiary/aromatic N) is 2. The molecule has 3 heterocycles. The van der Waals surface area contributed by atoms with Gasteiger partial charge in [0.15, 0.2) is 0 Å². The highest BCUT2D eigenvalue weighted by molar-refractivity contribution is 5.77. The van der Waals surface area contributed by atoms with Crippen LogP contribution in [0.1, 0.15) is 37.4 Å². The van der Waals surface area contributed by atoms with Gasteiger partial charge in [0.05, 0.1) is 23.7 Å². The van der Waals surface area contributed by atoms with E-state index in [-0.39, 0.29) is 30.4 Å². The number of likely N-dealkylation sites (tertiary alicyclic amines) is 1. The van der Waals surface area contributed by atoms with Gasteiger partial charge < -0.3 is 19.4 Å². The maximum atomic E-state index is 13.3. The predicted molar refractivity (Wildman–Crippen MR) is 94.4 cm³/mol. The number of H-pyrrole nitrogens is 1. The number of aromatic amines is 1. The summed E-state index contributed by atoms with van der Waals surface area (Å²) in [7, 11) is 0. The zero-order chi connectivity index (χ0) is 17.9. The van der Waals surface area contributed by atoms with Gasteiger partial charge in [-0.1, -0.05) is 0 Å². The maximum absolute atomic E-state index is 13.3. The van der Waals surface area contributed by atoms with Crippen LogP contribution in [0.5, 0.6) is 0 Å². The Balaban J connectivity index is 1.26. The van der Waals surface area contributed by atoms with Crippen molar-refractivity contribution in [1.29, 1.82) is 0 Å². The van der Waals surface area contributed by atoms with Crippen LogP contribution in [-0.4, -0.2) is 59.8 Å². The van der Waals surface area contributed by atoms with E-state index in [9.17, 15) is 9.18 Å². The quantitative estimate of drug-likeness (QED) is 0.889. The second-order valence-corrected chi connectivity index (χ2v) is 7.09. The first kappa shape index (κ1) is 17.4. The van der Waals surface area contributed by atoms with E-state index in [1.165, 1.54) is 12.1 Å². The average Bonchev–Trinajstić information content (AvgIpc) is 3.31. The first-order valence-electron chi connectivity index (χ1n) is 9.31. The van der Waals surface area contributed by atoms with Crippen LogP contribution in [0.4, 0.5) is 4.39 Å². The van der Waals surface area contributed by atoms with E-state index in [1.54, 1.807) is 6.07 Å². The minimum absolute atomic E-state index is 0.0353. The molecule has 4 rings (SSSR count). The van der Waals surface area contributed by atoms with Gasteiger partial charge in [0, 0.05) is 25.6 Å². The highest BCUT2D eigenvalue weighted by atomic mass is 19.1. The van der Waals surface area contributed by atoms with Crippen molar-refractivity contribution in [2.24, 2.45) is 0 Å². The summed E-state index contributed by atoms with van der Waals surface area (Å²) >= 11 is 0. The van der Waals surface area contributed by atoms with E-state index in [0.717, 1.165) is 49.1 Å². The average molecular weight is 361 g/mol. The number of nitrogens with one attached hydrogen (secondary N) is 1. The second-order valence-electron chi connectivity index (χ2n) is 7.09. The van der Waals surface area contributed by atoms with Crippen LogP contribution in [0.3, 0.4) is 0 Å². The van der Waals surface area contributed by atoms with Crippen LogP contribution in [0.15, 0.2) is 18.2 Å². The van der Waals surface area contributed by atoms with Gasteiger partial charge in [-0.15, -0.1) is 0 Å². The van der Waals surface area contributed by atoms with Crippen LogP contribution < -0.4 is 0 Å². The molecule has 0 radical (unpaired) electrons. The van der Waals surface area contributed by atoms with Gasteiger partial charge in [-0.3, -0.25) is 4.79 Å². The van der Waals surface area contributed by atoms with E-state index in [1.807, 2.05) is 4.90 Å². The van der Waals surface area contributed by atoms with Gasteiger partial charge in [0.2, 0.25) is 5.91 Å². The lowest BCUT2D eigenvalue weighted by Crippen LogP contribution is -2.40. The molecule has 2 aromatic rings. The van der Waals surface area contributed by atoms with Crippen LogP contribution >= 0.6 is 0 Å². The smallest absolute Gasteiger partial charge is 0.248 e. The van der Waals surface area contributed by atoms with E-state index < -0.39 is 0 Å². The standard InChI is InChI=1S/C19H24FN3O3/c20-14-3-4-16-17(10-14)22-19(21-16)13-5-7-23(8-6-13)18(24)12-25-11-15-2-1-9-26-15/h3-4,10,13,15H,1-2,5-9,11-12H2,(H,21,22)/t15-/m1/s1. The Kier molecular flexibility index (Phi) is 5.17. The van der Waals surface area contributed by atoms with E-state index in [0.29, 0.717) is 19.7 Å². The van der Waals surface area contributed by atoms with Crippen molar-refractivity contribution >= 4 is 16.9 Å². The summed E-state index contributed by atoms with van der Waals surface area (Å²) < 4.78 is 24.3. The third-order valence-electron chi connectivity index (χ3n) is 5.25. The fourth-order valence-electron chi connectivity index (χ4n) is 3.74. The molecule has 26 heavy (non-hydrogen) atoms. The molecule has 1 N–H and O–H groups in total. The Labute approximate surface area is 151 Å². The molecule has 140 valence electrons. The molecule has 0 aliphatic carbocycles. The number of benzene rings is 1. The Morgan fingerprint density at radius 2 is 2.19 bits per heavy atom. The van der Waals surface area contributed by atoms with Gasteiger partial charge in [0.25, 0.3) is 0 Å². The summed E-state index contributed by atoms with van der Waals surface area (Å²) in [5.74, 6) is 0.916. The summed E-state index contributed by atoms with van der Waals surface area (Å²) in [6.07, 6.45) is 3.93. The minimum Gasteiger partial charge on any atom is -0.376 e. The van der Waals surface area contributed by atoms with Crippen LogP contribution in [0.25, 0.3) is 11.0 Å². The number of halogens is 1. The number of amides is 1. The topological polar surface area (TPSA) is 67.5 Å². The molecule has 1 amide bonds.